The molecule has 1 unspecified atom stereocenters. The second-order valence-electron chi connectivity index (χ2n) is 5.13. The molecule has 0 amide bonds. The SMILES string of the molecule is CC[C@H](CO)NC1c2ccccc2OC1(C)C. The lowest BCUT2D eigenvalue weighted by molar-refractivity contribution is 0.0843. The van der Waals surface area contributed by atoms with Gasteiger partial charge in [0.25, 0.3) is 0 Å². The van der Waals surface area contributed by atoms with Crippen LogP contribution in [0.15, 0.2) is 24.3 Å². The van der Waals surface area contributed by atoms with Crippen LogP contribution in [0.5, 0.6) is 5.75 Å². The van der Waals surface area contributed by atoms with Gasteiger partial charge in [-0.15, -0.1) is 0 Å². The van der Waals surface area contributed by atoms with Crippen molar-refractivity contribution < 1.29 is 9.84 Å². The maximum Gasteiger partial charge on any atom is 0.125 e. The summed E-state index contributed by atoms with van der Waals surface area (Å²) in [4.78, 5) is 0. The lowest BCUT2D eigenvalue weighted by Crippen LogP contribution is -2.44. The van der Waals surface area contributed by atoms with Crippen molar-refractivity contribution >= 4 is 0 Å². The third-order valence-electron chi connectivity index (χ3n) is 3.41. The Hall–Kier alpha value is -1.06. The van der Waals surface area contributed by atoms with Gasteiger partial charge in [0.1, 0.15) is 11.4 Å². The van der Waals surface area contributed by atoms with Crippen molar-refractivity contribution in [1.29, 1.82) is 0 Å². The molecule has 2 atom stereocenters. The van der Waals surface area contributed by atoms with E-state index in [0.29, 0.717) is 0 Å². The number of rotatable bonds is 4. The van der Waals surface area contributed by atoms with Gasteiger partial charge < -0.3 is 15.2 Å². The molecule has 1 heterocycles. The average molecular weight is 235 g/mol. The number of nitrogens with one attached hydrogen (secondary N) is 1. The van der Waals surface area contributed by atoms with E-state index < -0.39 is 0 Å². The quantitative estimate of drug-likeness (QED) is 0.841. The van der Waals surface area contributed by atoms with Crippen molar-refractivity contribution in [2.45, 2.75) is 44.9 Å². The monoisotopic (exact) mass is 235 g/mol. The highest BCUT2D eigenvalue weighted by Gasteiger charge is 2.41. The molecule has 94 valence electrons. The van der Waals surface area contributed by atoms with Crippen molar-refractivity contribution in [1.82, 2.24) is 5.32 Å². The first-order valence-electron chi connectivity index (χ1n) is 6.23. The van der Waals surface area contributed by atoms with E-state index in [1.807, 2.05) is 18.2 Å². The molecule has 0 fully saturated rings. The zero-order valence-corrected chi connectivity index (χ0v) is 10.7. The highest BCUT2D eigenvalue weighted by atomic mass is 16.5. The van der Waals surface area contributed by atoms with Crippen LogP contribution in [0.25, 0.3) is 0 Å². The average Bonchev–Trinajstić information content (AvgIpc) is 2.56. The molecule has 17 heavy (non-hydrogen) atoms. The molecule has 1 aromatic rings. The Bertz CT molecular complexity index is 386. The predicted octanol–water partition coefficient (Wildman–Crippen LogP) is 2.26. The number of aliphatic hydroxyl groups is 1. The second-order valence-corrected chi connectivity index (χ2v) is 5.13. The summed E-state index contributed by atoms with van der Waals surface area (Å²) in [6.07, 6.45) is 0.908. The van der Waals surface area contributed by atoms with E-state index in [2.05, 4.69) is 32.2 Å². The van der Waals surface area contributed by atoms with Crippen LogP contribution in [0.1, 0.15) is 38.8 Å². The van der Waals surface area contributed by atoms with E-state index in [9.17, 15) is 5.11 Å². The standard InChI is InChI=1S/C14H21NO2/c1-4-10(9-16)15-13-11-7-5-6-8-12(11)17-14(13,2)3/h5-8,10,13,15-16H,4,9H2,1-3H3/t10-,13?/m1/s1. The highest BCUT2D eigenvalue weighted by Crippen LogP contribution is 2.42. The Morgan fingerprint density at radius 2 is 2.12 bits per heavy atom. The van der Waals surface area contributed by atoms with Gasteiger partial charge in [0.15, 0.2) is 0 Å². The summed E-state index contributed by atoms with van der Waals surface area (Å²) in [7, 11) is 0. The largest absolute Gasteiger partial charge is 0.486 e. The third-order valence-corrected chi connectivity index (χ3v) is 3.41. The lowest BCUT2D eigenvalue weighted by atomic mass is 9.93. The van der Waals surface area contributed by atoms with Crippen LogP contribution < -0.4 is 10.1 Å². The minimum Gasteiger partial charge on any atom is -0.486 e. The molecule has 0 saturated heterocycles. The second kappa shape index (κ2) is 4.67. The van der Waals surface area contributed by atoms with E-state index in [1.54, 1.807) is 0 Å². The van der Waals surface area contributed by atoms with Gasteiger partial charge in [-0.2, -0.15) is 0 Å². The van der Waals surface area contributed by atoms with Crippen molar-refractivity contribution in [3.8, 4) is 5.75 Å². The molecule has 0 spiro atoms. The summed E-state index contributed by atoms with van der Waals surface area (Å²) in [6.45, 7) is 6.39. The van der Waals surface area contributed by atoms with E-state index in [0.717, 1.165) is 12.2 Å². The summed E-state index contributed by atoms with van der Waals surface area (Å²) in [6, 6.07) is 8.35. The van der Waals surface area contributed by atoms with E-state index in [-0.39, 0.29) is 24.3 Å². The molecule has 3 heteroatoms. The Balaban J connectivity index is 2.25. The van der Waals surface area contributed by atoms with Crippen molar-refractivity contribution in [2.75, 3.05) is 6.61 Å². The Morgan fingerprint density at radius 1 is 1.41 bits per heavy atom. The van der Waals surface area contributed by atoms with Gasteiger partial charge in [0, 0.05) is 11.6 Å². The molecule has 0 aromatic heterocycles. The minimum absolute atomic E-state index is 0.119. The van der Waals surface area contributed by atoms with E-state index in [1.165, 1.54) is 5.56 Å². The van der Waals surface area contributed by atoms with Gasteiger partial charge in [-0.25, -0.2) is 0 Å². The fraction of sp³-hybridized carbons (Fsp3) is 0.571. The molecule has 3 nitrogen and oxygen atoms in total. The number of para-hydroxylation sites is 1. The van der Waals surface area contributed by atoms with Crippen molar-refractivity contribution in [2.24, 2.45) is 0 Å². The summed E-state index contributed by atoms with van der Waals surface area (Å²) in [5.74, 6) is 0.947. The number of hydrogen-bond donors (Lipinski definition) is 2. The zero-order valence-electron chi connectivity index (χ0n) is 10.7. The van der Waals surface area contributed by atoms with Crippen molar-refractivity contribution in [3.63, 3.8) is 0 Å². The first kappa shape index (κ1) is 12.4. The van der Waals surface area contributed by atoms with Gasteiger partial charge in [-0.05, 0) is 26.3 Å². The fourth-order valence-corrected chi connectivity index (χ4v) is 2.35. The molecule has 0 bridgehead atoms. The molecule has 0 saturated carbocycles. The molecule has 0 radical (unpaired) electrons. The van der Waals surface area contributed by atoms with E-state index in [4.69, 9.17) is 4.74 Å². The summed E-state index contributed by atoms with van der Waals surface area (Å²) >= 11 is 0. The van der Waals surface area contributed by atoms with Gasteiger partial charge >= 0.3 is 0 Å². The number of hydrogen-bond acceptors (Lipinski definition) is 3. The van der Waals surface area contributed by atoms with Gasteiger partial charge in [0.05, 0.1) is 12.6 Å². The normalized spacial score (nSPS) is 22.9. The lowest BCUT2D eigenvalue weighted by Gasteiger charge is -2.30. The molecular formula is C14H21NO2. The highest BCUT2D eigenvalue weighted by molar-refractivity contribution is 5.42. The fourth-order valence-electron chi connectivity index (χ4n) is 2.35. The maximum atomic E-state index is 9.30. The minimum atomic E-state index is -0.272. The van der Waals surface area contributed by atoms with Crippen LogP contribution in [0.2, 0.25) is 0 Å². The number of benzene rings is 1. The van der Waals surface area contributed by atoms with Crippen LogP contribution >= 0.6 is 0 Å². The molecular weight excluding hydrogens is 214 g/mol. The van der Waals surface area contributed by atoms with Gasteiger partial charge in [-0.1, -0.05) is 25.1 Å². The maximum absolute atomic E-state index is 9.30. The van der Waals surface area contributed by atoms with Crippen LogP contribution in [-0.2, 0) is 0 Å². The number of aliphatic hydroxyl groups excluding tert-OH is 1. The number of ether oxygens (including phenoxy) is 1. The predicted molar refractivity (Wildman–Crippen MR) is 68.2 cm³/mol. The Kier molecular flexibility index (Phi) is 3.40. The molecule has 2 N–H and O–H groups in total. The zero-order chi connectivity index (χ0) is 12.5. The molecule has 1 aliphatic heterocycles. The van der Waals surface area contributed by atoms with Crippen LogP contribution in [-0.4, -0.2) is 23.4 Å². The smallest absolute Gasteiger partial charge is 0.125 e. The van der Waals surface area contributed by atoms with Crippen LogP contribution in [0.3, 0.4) is 0 Å². The van der Waals surface area contributed by atoms with Crippen molar-refractivity contribution in [3.05, 3.63) is 29.8 Å². The molecule has 0 aliphatic carbocycles. The summed E-state index contributed by atoms with van der Waals surface area (Å²) < 4.78 is 5.95. The third kappa shape index (κ3) is 2.31. The summed E-state index contributed by atoms with van der Waals surface area (Å²) in [5, 5.41) is 12.8. The van der Waals surface area contributed by atoms with Crippen LogP contribution in [0.4, 0.5) is 0 Å². The Morgan fingerprint density at radius 3 is 2.76 bits per heavy atom. The molecule has 1 aromatic carbocycles. The van der Waals surface area contributed by atoms with Crippen LogP contribution in [0, 0.1) is 0 Å². The van der Waals surface area contributed by atoms with Gasteiger partial charge in [0.2, 0.25) is 0 Å². The number of fused-ring (bicyclic) bond motifs is 1. The summed E-state index contributed by atoms with van der Waals surface area (Å²) in [5.41, 5.74) is 0.913. The first-order chi connectivity index (χ1) is 8.08. The Labute approximate surface area is 103 Å². The molecule has 1 aliphatic rings. The molecule has 2 rings (SSSR count). The first-order valence-corrected chi connectivity index (χ1v) is 6.23. The van der Waals surface area contributed by atoms with Gasteiger partial charge in [-0.3, -0.25) is 0 Å². The topological polar surface area (TPSA) is 41.5 Å². The van der Waals surface area contributed by atoms with E-state index >= 15 is 0 Å².